The summed E-state index contributed by atoms with van der Waals surface area (Å²) in [6, 6.07) is 12.7. The molecule has 19 heavy (non-hydrogen) atoms. The van der Waals surface area contributed by atoms with Crippen molar-refractivity contribution in [3.8, 4) is 17.6 Å². The number of ether oxygens (including phenoxy) is 1. The highest BCUT2D eigenvalue weighted by molar-refractivity contribution is 5.47. The molecule has 0 saturated carbocycles. The van der Waals surface area contributed by atoms with E-state index < -0.39 is 11.9 Å². The zero-order valence-corrected chi connectivity index (χ0v) is 10.3. The molecule has 2 aromatic rings. The first-order chi connectivity index (χ1) is 9.11. The van der Waals surface area contributed by atoms with Gasteiger partial charge in [0.2, 0.25) is 0 Å². The summed E-state index contributed by atoms with van der Waals surface area (Å²) < 4.78 is 18.8. The van der Waals surface area contributed by atoms with Gasteiger partial charge in [0.15, 0.2) is 0 Å². The molecule has 0 aromatic heterocycles. The molecule has 0 amide bonds. The van der Waals surface area contributed by atoms with Gasteiger partial charge in [-0.15, -0.1) is 0 Å². The molecule has 0 aliphatic carbocycles. The van der Waals surface area contributed by atoms with E-state index in [1.54, 1.807) is 24.3 Å². The second-order valence-electron chi connectivity index (χ2n) is 4.07. The molecular formula is C15H12FNO2. The van der Waals surface area contributed by atoms with E-state index in [0.717, 1.165) is 0 Å². The Labute approximate surface area is 110 Å². The van der Waals surface area contributed by atoms with E-state index in [1.807, 2.05) is 6.07 Å². The largest absolute Gasteiger partial charge is 0.456 e. The van der Waals surface area contributed by atoms with Crippen LogP contribution in [0.15, 0.2) is 42.5 Å². The van der Waals surface area contributed by atoms with Gasteiger partial charge in [-0.1, -0.05) is 12.1 Å². The van der Waals surface area contributed by atoms with Gasteiger partial charge in [-0.25, -0.2) is 4.39 Å². The van der Waals surface area contributed by atoms with E-state index in [1.165, 1.54) is 25.1 Å². The van der Waals surface area contributed by atoms with Crippen molar-refractivity contribution in [3.05, 3.63) is 59.4 Å². The number of hydrogen-bond donors (Lipinski definition) is 1. The van der Waals surface area contributed by atoms with Crippen LogP contribution in [-0.4, -0.2) is 5.11 Å². The molecule has 0 unspecified atom stereocenters. The Morgan fingerprint density at radius 1 is 1.21 bits per heavy atom. The first-order valence-electron chi connectivity index (χ1n) is 5.76. The summed E-state index contributed by atoms with van der Waals surface area (Å²) in [5.74, 6) is 0.259. The van der Waals surface area contributed by atoms with Crippen LogP contribution in [0.1, 0.15) is 24.2 Å². The number of para-hydroxylation sites is 1. The van der Waals surface area contributed by atoms with Gasteiger partial charge >= 0.3 is 0 Å². The fourth-order valence-electron chi connectivity index (χ4n) is 1.71. The second kappa shape index (κ2) is 5.51. The van der Waals surface area contributed by atoms with E-state index in [0.29, 0.717) is 22.6 Å². The maximum atomic E-state index is 13.2. The minimum absolute atomic E-state index is 0.332. The Kier molecular flexibility index (Phi) is 3.79. The number of benzene rings is 2. The lowest BCUT2D eigenvalue weighted by atomic mass is 10.1. The van der Waals surface area contributed by atoms with Crippen molar-refractivity contribution in [2.75, 3.05) is 0 Å². The van der Waals surface area contributed by atoms with Crippen molar-refractivity contribution >= 4 is 0 Å². The van der Waals surface area contributed by atoms with Crippen LogP contribution < -0.4 is 4.74 Å². The van der Waals surface area contributed by atoms with Gasteiger partial charge in [-0.2, -0.15) is 5.26 Å². The molecule has 3 nitrogen and oxygen atoms in total. The molecule has 2 rings (SSSR count). The molecule has 1 N–H and O–H groups in total. The summed E-state index contributed by atoms with van der Waals surface area (Å²) in [6.07, 6.45) is -0.861. The minimum Gasteiger partial charge on any atom is -0.456 e. The molecule has 0 fully saturated rings. The highest BCUT2D eigenvalue weighted by Crippen LogP contribution is 2.31. The van der Waals surface area contributed by atoms with E-state index in [4.69, 9.17) is 10.00 Å². The molecular weight excluding hydrogens is 245 g/mol. The van der Waals surface area contributed by atoms with Crippen molar-refractivity contribution in [1.82, 2.24) is 0 Å². The fraction of sp³-hybridized carbons (Fsp3) is 0.133. The summed E-state index contributed by atoms with van der Waals surface area (Å²) >= 11 is 0. The highest BCUT2D eigenvalue weighted by Gasteiger charge is 2.12. The van der Waals surface area contributed by atoms with E-state index in [2.05, 4.69) is 0 Å². The maximum absolute atomic E-state index is 13.2. The molecule has 0 radical (unpaired) electrons. The Bertz CT molecular complexity index is 632. The SMILES string of the molecule is C[C@H](O)c1cc(F)ccc1Oc1ccccc1C#N. The summed E-state index contributed by atoms with van der Waals surface area (Å²) in [4.78, 5) is 0. The number of hydrogen-bond acceptors (Lipinski definition) is 3. The number of nitrogens with zero attached hydrogens (tertiary/aromatic N) is 1. The molecule has 0 spiro atoms. The van der Waals surface area contributed by atoms with Gasteiger partial charge in [-0.05, 0) is 37.3 Å². The smallest absolute Gasteiger partial charge is 0.145 e. The predicted molar refractivity (Wildman–Crippen MR) is 68.3 cm³/mol. The van der Waals surface area contributed by atoms with Crippen LogP contribution in [0.4, 0.5) is 4.39 Å². The standard InChI is InChI=1S/C15H12FNO2/c1-10(18)13-8-12(16)6-7-15(13)19-14-5-3-2-4-11(14)9-17/h2-8,10,18H,1H3/t10-/m0/s1. The van der Waals surface area contributed by atoms with Crippen LogP contribution in [-0.2, 0) is 0 Å². The van der Waals surface area contributed by atoms with Crippen LogP contribution in [0.5, 0.6) is 11.5 Å². The Morgan fingerprint density at radius 3 is 2.63 bits per heavy atom. The number of nitriles is 1. The van der Waals surface area contributed by atoms with Crippen LogP contribution in [0.2, 0.25) is 0 Å². The van der Waals surface area contributed by atoms with Gasteiger partial charge in [0.1, 0.15) is 23.4 Å². The zero-order chi connectivity index (χ0) is 13.8. The normalized spacial score (nSPS) is 11.7. The van der Waals surface area contributed by atoms with Gasteiger partial charge in [0, 0.05) is 5.56 Å². The highest BCUT2D eigenvalue weighted by atomic mass is 19.1. The Morgan fingerprint density at radius 2 is 1.95 bits per heavy atom. The van der Waals surface area contributed by atoms with Crippen molar-refractivity contribution in [3.63, 3.8) is 0 Å². The fourth-order valence-corrected chi connectivity index (χ4v) is 1.71. The Hall–Kier alpha value is -2.38. The predicted octanol–water partition coefficient (Wildman–Crippen LogP) is 3.54. The van der Waals surface area contributed by atoms with Gasteiger partial charge < -0.3 is 9.84 Å². The molecule has 0 bridgehead atoms. The molecule has 0 heterocycles. The molecule has 0 aliphatic rings. The molecule has 0 saturated heterocycles. The lowest BCUT2D eigenvalue weighted by Crippen LogP contribution is -1.98. The zero-order valence-electron chi connectivity index (χ0n) is 10.3. The molecule has 0 aliphatic heterocycles. The number of rotatable bonds is 3. The molecule has 4 heteroatoms. The van der Waals surface area contributed by atoms with Crippen LogP contribution >= 0.6 is 0 Å². The quantitative estimate of drug-likeness (QED) is 0.914. The number of aliphatic hydroxyl groups is 1. The average molecular weight is 257 g/mol. The first kappa shape index (κ1) is 13.1. The molecule has 2 aromatic carbocycles. The lowest BCUT2D eigenvalue weighted by Gasteiger charge is -2.13. The first-order valence-corrected chi connectivity index (χ1v) is 5.76. The van der Waals surface area contributed by atoms with Gasteiger partial charge in [0.25, 0.3) is 0 Å². The second-order valence-corrected chi connectivity index (χ2v) is 4.07. The Balaban J connectivity index is 2.41. The van der Waals surface area contributed by atoms with Crippen molar-refractivity contribution in [2.24, 2.45) is 0 Å². The number of aliphatic hydroxyl groups excluding tert-OH is 1. The third-order valence-corrected chi connectivity index (χ3v) is 2.65. The number of halogens is 1. The van der Waals surface area contributed by atoms with E-state index in [-0.39, 0.29) is 0 Å². The van der Waals surface area contributed by atoms with Crippen molar-refractivity contribution in [2.45, 2.75) is 13.0 Å². The summed E-state index contributed by atoms with van der Waals surface area (Å²) in [5.41, 5.74) is 0.719. The van der Waals surface area contributed by atoms with Crippen LogP contribution in [0.3, 0.4) is 0 Å². The van der Waals surface area contributed by atoms with E-state index in [9.17, 15) is 9.50 Å². The van der Waals surface area contributed by atoms with E-state index >= 15 is 0 Å². The third-order valence-electron chi connectivity index (χ3n) is 2.65. The molecule has 96 valence electrons. The molecule has 1 atom stereocenters. The summed E-state index contributed by atoms with van der Waals surface area (Å²) in [6.45, 7) is 1.53. The minimum atomic E-state index is -0.861. The lowest BCUT2D eigenvalue weighted by molar-refractivity contribution is 0.195. The summed E-state index contributed by atoms with van der Waals surface area (Å²) in [5, 5.41) is 18.6. The monoisotopic (exact) mass is 257 g/mol. The third kappa shape index (κ3) is 2.90. The van der Waals surface area contributed by atoms with Crippen molar-refractivity contribution in [1.29, 1.82) is 5.26 Å². The van der Waals surface area contributed by atoms with Crippen LogP contribution in [0, 0.1) is 17.1 Å². The maximum Gasteiger partial charge on any atom is 0.145 e. The van der Waals surface area contributed by atoms with Crippen molar-refractivity contribution < 1.29 is 14.2 Å². The van der Waals surface area contributed by atoms with Gasteiger partial charge in [0.05, 0.1) is 11.7 Å². The summed E-state index contributed by atoms with van der Waals surface area (Å²) in [7, 11) is 0. The van der Waals surface area contributed by atoms with Crippen LogP contribution in [0.25, 0.3) is 0 Å². The van der Waals surface area contributed by atoms with Gasteiger partial charge in [-0.3, -0.25) is 0 Å². The average Bonchev–Trinajstić information content (AvgIpc) is 2.41. The topological polar surface area (TPSA) is 53.2 Å².